The van der Waals surface area contributed by atoms with E-state index in [2.05, 4.69) is 58.5 Å². The van der Waals surface area contributed by atoms with E-state index >= 15 is 0 Å². The Bertz CT molecular complexity index is 1170. The monoisotopic (exact) mass is 295 g/mol. The second-order valence-corrected chi connectivity index (χ2v) is 5.66. The van der Waals surface area contributed by atoms with E-state index in [0.717, 1.165) is 38.4 Å². The summed E-state index contributed by atoms with van der Waals surface area (Å²) in [5.74, 6) is 0. The maximum Gasteiger partial charge on any atom is 0.0961 e. The van der Waals surface area contributed by atoms with Crippen molar-refractivity contribution < 1.29 is 0 Å². The van der Waals surface area contributed by atoms with Crippen molar-refractivity contribution >= 4 is 32.8 Å². The molecule has 108 valence electrons. The molecule has 0 aliphatic carbocycles. The molecule has 0 aliphatic heterocycles. The zero-order chi connectivity index (χ0) is 15.2. The number of nitrogens with zero attached hydrogens (tertiary/aromatic N) is 2. The highest BCUT2D eigenvalue weighted by molar-refractivity contribution is 6.05. The minimum atomic E-state index is 0.994. The maximum absolute atomic E-state index is 4.80. The summed E-state index contributed by atoms with van der Waals surface area (Å²) in [6, 6.07) is 22.9. The van der Waals surface area contributed by atoms with Crippen molar-refractivity contribution in [2.45, 2.75) is 0 Å². The average Bonchev–Trinajstić information content (AvgIpc) is 3.08. The van der Waals surface area contributed by atoms with Crippen molar-refractivity contribution in [3.05, 3.63) is 73.1 Å². The Morgan fingerprint density at radius 2 is 1.57 bits per heavy atom. The Morgan fingerprint density at radius 1 is 0.739 bits per heavy atom. The van der Waals surface area contributed by atoms with E-state index in [1.54, 1.807) is 6.33 Å². The molecule has 0 spiro atoms. The average molecular weight is 295 g/mol. The van der Waals surface area contributed by atoms with Crippen LogP contribution in [-0.2, 0) is 0 Å². The van der Waals surface area contributed by atoms with Crippen LogP contribution in [0.15, 0.2) is 73.1 Å². The van der Waals surface area contributed by atoms with Crippen molar-refractivity contribution in [2.24, 2.45) is 0 Å². The van der Waals surface area contributed by atoms with Crippen LogP contribution in [0.1, 0.15) is 0 Å². The second-order valence-electron chi connectivity index (χ2n) is 5.66. The first kappa shape index (κ1) is 12.4. The predicted octanol–water partition coefficient (Wildman–Crippen LogP) is 4.93. The molecule has 5 aromatic rings. The normalized spacial score (nSPS) is 11.5. The van der Waals surface area contributed by atoms with Crippen LogP contribution >= 0.6 is 0 Å². The molecule has 5 rings (SSSR count). The second kappa shape index (κ2) is 4.65. The lowest BCUT2D eigenvalue weighted by molar-refractivity contribution is 1.34. The van der Waals surface area contributed by atoms with Gasteiger partial charge in [-0.1, -0.05) is 42.5 Å². The van der Waals surface area contributed by atoms with E-state index in [0.29, 0.717) is 0 Å². The summed E-state index contributed by atoms with van der Waals surface area (Å²) in [7, 11) is 0. The molecule has 0 unspecified atom stereocenters. The van der Waals surface area contributed by atoms with Crippen LogP contribution in [0.25, 0.3) is 44.0 Å². The van der Waals surface area contributed by atoms with E-state index in [1.807, 2.05) is 18.2 Å². The van der Waals surface area contributed by atoms with Crippen molar-refractivity contribution in [3.8, 4) is 11.1 Å². The number of pyridine rings is 1. The Balaban J connectivity index is 1.91. The highest BCUT2D eigenvalue weighted by atomic mass is 14.9. The van der Waals surface area contributed by atoms with Gasteiger partial charge in [0.15, 0.2) is 0 Å². The van der Waals surface area contributed by atoms with Crippen LogP contribution in [0.2, 0.25) is 0 Å². The molecule has 23 heavy (non-hydrogen) atoms. The largest absolute Gasteiger partial charge is 0.345 e. The molecule has 3 heteroatoms. The quantitative estimate of drug-likeness (QED) is 0.445. The predicted molar refractivity (Wildman–Crippen MR) is 94.3 cm³/mol. The molecule has 0 fully saturated rings. The van der Waals surface area contributed by atoms with Gasteiger partial charge in [-0.15, -0.1) is 0 Å². The molecule has 1 N–H and O–H groups in total. The smallest absolute Gasteiger partial charge is 0.0961 e. The van der Waals surface area contributed by atoms with Crippen LogP contribution in [0.3, 0.4) is 0 Å². The number of imidazole rings is 1. The van der Waals surface area contributed by atoms with Gasteiger partial charge in [-0.3, -0.25) is 0 Å². The van der Waals surface area contributed by atoms with E-state index in [1.165, 1.54) is 5.56 Å². The number of rotatable bonds is 1. The van der Waals surface area contributed by atoms with Gasteiger partial charge in [-0.05, 0) is 29.8 Å². The maximum atomic E-state index is 4.80. The van der Waals surface area contributed by atoms with E-state index in [9.17, 15) is 0 Å². The summed E-state index contributed by atoms with van der Waals surface area (Å²) in [5, 5.41) is 2.31. The SMILES string of the molecule is c1ccc2nc3cccc(-c4cccc5[nH]cnc45)c3cc2c1. The molecule has 0 saturated carbocycles. The molecular weight excluding hydrogens is 282 g/mol. The molecule has 0 aliphatic rings. The molecule has 0 amide bonds. The minimum Gasteiger partial charge on any atom is -0.345 e. The molecule has 0 radical (unpaired) electrons. The van der Waals surface area contributed by atoms with Crippen molar-refractivity contribution in [2.75, 3.05) is 0 Å². The Kier molecular flexibility index (Phi) is 2.50. The third kappa shape index (κ3) is 1.83. The fourth-order valence-corrected chi connectivity index (χ4v) is 3.22. The molecule has 0 atom stereocenters. The van der Waals surface area contributed by atoms with Crippen LogP contribution in [0.5, 0.6) is 0 Å². The molecule has 2 aromatic heterocycles. The number of hydrogen-bond donors (Lipinski definition) is 1. The number of nitrogens with one attached hydrogen (secondary N) is 1. The Hall–Kier alpha value is -3.20. The van der Waals surface area contributed by atoms with E-state index < -0.39 is 0 Å². The highest BCUT2D eigenvalue weighted by Crippen LogP contribution is 2.33. The van der Waals surface area contributed by atoms with E-state index in [4.69, 9.17) is 4.98 Å². The molecule has 2 heterocycles. The number of aromatic nitrogens is 3. The third-order valence-corrected chi connectivity index (χ3v) is 4.30. The zero-order valence-corrected chi connectivity index (χ0v) is 12.3. The van der Waals surface area contributed by atoms with E-state index in [-0.39, 0.29) is 0 Å². The molecule has 0 bridgehead atoms. The van der Waals surface area contributed by atoms with Gasteiger partial charge in [0.05, 0.1) is 28.4 Å². The lowest BCUT2D eigenvalue weighted by atomic mass is 9.98. The van der Waals surface area contributed by atoms with Gasteiger partial charge in [0.25, 0.3) is 0 Å². The summed E-state index contributed by atoms with van der Waals surface area (Å²) in [6.45, 7) is 0. The number of hydrogen-bond acceptors (Lipinski definition) is 2. The summed E-state index contributed by atoms with van der Waals surface area (Å²) < 4.78 is 0. The first-order chi connectivity index (χ1) is 11.4. The summed E-state index contributed by atoms with van der Waals surface area (Å²) in [4.78, 5) is 12.5. The standard InChI is InChI=1S/C20H13N3/c1-2-8-17-13(5-1)11-16-14(6-3-9-18(16)23-17)15-7-4-10-19-20(15)22-12-21-19/h1-12H,(H,21,22). The fourth-order valence-electron chi connectivity index (χ4n) is 3.22. The van der Waals surface area contributed by atoms with Crippen molar-refractivity contribution in [3.63, 3.8) is 0 Å². The first-order valence-electron chi connectivity index (χ1n) is 7.61. The Morgan fingerprint density at radius 3 is 2.57 bits per heavy atom. The number of fused-ring (bicyclic) bond motifs is 3. The molecule has 3 aromatic carbocycles. The van der Waals surface area contributed by atoms with Gasteiger partial charge in [-0.25, -0.2) is 9.97 Å². The number of para-hydroxylation sites is 2. The van der Waals surface area contributed by atoms with Crippen molar-refractivity contribution in [1.82, 2.24) is 15.0 Å². The van der Waals surface area contributed by atoms with Gasteiger partial charge < -0.3 is 4.98 Å². The van der Waals surface area contributed by atoms with Gasteiger partial charge in [0, 0.05) is 16.3 Å². The third-order valence-electron chi connectivity index (χ3n) is 4.30. The van der Waals surface area contributed by atoms with Crippen LogP contribution in [0.4, 0.5) is 0 Å². The van der Waals surface area contributed by atoms with Gasteiger partial charge >= 0.3 is 0 Å². The van der Waals surface area contributed by atoms with Gasteiger partial charge in [0.1, 0.15) is 0 Å². The number of aromatic amines is 1. The topological polar surface area (TPSA) is 41.6 Å². The van der Waals surface area contributed by atoms with Crippen molar-refractivity contribution in [1.29, 1.82) is 0 Å². The zero-order valence-electron chi connectivity index (χ0n) is 12.3. The van der Waals surface area contributed by atoms with Gasteiger partial charge in [0.2, 0.25) is 0 Å². The fraction of sp³-hybridized carbons (Fsp3) is 0. The van der Waals surface area contributed by atoms with Crippen LogP contribution < -0.4 is 0 Å². The first-order valence-corrected chi connectivity index (χ1v) is 7.61. The number of H-pyrrole nitrogens is 1. The van der Waals surface area contributed by atoms with Crippen LogP contribution in [0, 0.1) is 0 Å². The minimum absolute atomic E-state index is 0.994. The summed E-state index contributed by atoms with van der Waals surface area (Å²) in [5.41, 5.74) is 6.37. The Labute approximate surface area is 132 Å². The van der Waals surface area contributed by atoms with Crippen LogP contribution in [-0.4, -0.2) is 15.0 Å². The highest BCUT2D eigenvalue weighted by Gasteiger charge is 2.10. The summed E-state index contributed by atoms with van der Waals surface area (Å²) >= 11 is 0. The molecule has 0 saturated heterocycles. The molecular formula is C20H13N3. The summed E-state index contributed by atoms with van der Waals surface area (Å²) in [6.07, 6.45) is 1.74. The lowest BCUT2D eigenvalue weighted by Gasteiger charge is -2.08. The lowest BCUT2D eigenvalue weighted by Crippen LogP contribution is -1.87. The van der Waals surface area contributed by atoms with Gasteiger partial charge in [-0.2, -0.15) is 0 Å². The molecule has 3 nitrogen and oxygen atoms in total. The number of benzene rings is 3.